The zero-order valence-electron chi connectivity index (χ0n) is 11.5. The number of thiocarbonyl (C=S) groups is 1. The second kappa shape index (κ2) is 4.65. The molecular weight excluding hydrogens is 242 g/mol. The van der Waals surface area contributed by atoms with Crippen LogP contribution in [0.25, 0.3) is 0 Å². The number of rotatable bonds is 3. The van der Waals surface area contributed by atoms with Crippen LogP contribution in [0.1, 0.15) is 40.0 Å². The van der Waals surface area contributed by atoms with E-state index in [1.165, 1.54) is 18.6 Å². The van der Waals surface area contributed by atoms with Crippen LogP contribution in [0.3, 0.4) is 0 Å². The van der Waals surface area contributed by atoms with E-state index in [0.717, 1.165) is 12.3 Å². The Balaban J connectivity index is 2.03. The zero-order chi connectivity index (χ0) is 13.4. The Morgan fingerprint density at radius 1 is 1.56 bits per heavy atom. The summed E-state index contributed by atoms with van der Waals surface area (Å²) in [6, 6.07) is 0. The van der Waals surface area contributed by atoms with Crippen LogP contribution in [0.5, 0.6) is 0 Å². The minimum atomic E-state index is 0.235. The summed E-state index contributed by atoms with van der Waals surface area (Å²) in [6.45, 7) is 11.4. The van der Waals surface area contributed by atoms with Crippen molar-refractivity contribution >= 4 is 23.0 Å². The number of hydrogen-bond donors (Lipinski definition) is 2. The Bertz CT molecular complexity index is 400. The van der Waals surface area contributed by atoms with E-state index in [1.807, 2.05) is 0 Å². The van der Waals surface area contributed by atoms with Crippen LogP contribution in [0.4, 0.5) is 0 Å². The molecular formula is C14H23N3S. The first kappa shape index (κ1) is 13.5. The van der Waals surface area contributed by atoms with Crippen molar-refractivity contribution in [3.8, 4) is 0 Å². The third kappa shape index (κ3) is 1.96. The quantitative estimate of drug-likeness (QED) is 0.468. The van der Waals surface area contributed by atoms with Gasteiger partial charge in [0.25, 0.3) is 0 Å². The molecule has 2 rings (SSSR count). The maximum Gasteiger partial charge on any atom is 0.187 e. The highest BCUT2D eigenvalue weighted by Crippen LogP contribution is 2.63. The fourth-order valence-corrected chi connectivity index (χ4v) is 3.55. The Morgan fingerprint density at radius 2 is 2.28 bits per heavy atom. The third-order valence-corrected chi connectivity index (χ3v) is 5.45. The average molecular weight is 265 g/mol. The van der Waals surface area contributed by atoms with E-state index in [9.17, 15) is 0 Å². The second-order valence-electron chi connectivity index (χ2n) is 6.16. The van der Waals surface area contributed by atoms with Crippen LogP contribution in [0, 0.1) is 16.7 Å². The summed E-state index contributed by atoms with van der Waals surface area (Å²) in [4.78, 5) is 0. The Hall–Kier alpha value is -0.900. The Morgan fingerprint density at radius 3 is 2.78 bits per heavy atom. The van der Waals surface area contributed by atoms with E-state index in [2.05, 4.69) is 43.2 Å². The molecule has 4 heteroatoms. The maximum atomic E-state index is 5.16. The summed E-state index contributed by atoms with van der Waals surface area (Å²) in [7, 11) is 0. The van der Waals surface area contributed by atoms with Crippen molar-refractivity contribution in [3.05, 3.63) is 12.7 Å². The van der Waals surface area contributed by atoms with Gasteiger partial charge in [-0.15, -0.1) is 6.58 Å². The first-order valence-electron chi connectivity index (χ1n) is 6.63. The van der Waals surface area contributed by atoms with Crippen molar-refractivity contribution in [2.45, 2.75) is 40.0 Å². The van der Waals surface area contributed by atoms with Crippen molar-refractivity contribution in [2.75, 3.05) is 6.54 Å². The molecule has 0 aromatic rings. The predicted octanol–water partition coefficient (Wildman–Crippen LogP) is 2.84. The van der Waals surface area contributed by atoms with E-state index in [-0.39, 0.29) is 5.41 Å². The molecule has 2 N–H and O–H groups in total. The highest BCUT2D eigenvalue weighted by atomic mass is 32.1. The number of nitrogens with zero attached hydrogens (tertiary/aromatic N) is 1. The van der Waals surface area contributed by atoms with Gasteiger partial charge in [-0.05, 0) is 42.8 Å². The topological polar surface area (TPSA) is 36.4 Å². The van der Waals surface area contributed by atoms with Crippen LogP contribution in [-0.4, -0.2) is 17.4 Å². The van der Waals surface area contributed by atoms with E-state index in [0.29, 0.717) is 17.1 Å². The average Bonchev–Trinajstić information content (AvgIpc) is 2.66. The van der Waals surface area contributed by atoms with Gasteiger partial charge in [0.15, 0.2) is 5.11 Å². The molecule has 0 spiro atoms. The number of nitrogens with one attached hydrogen (secondary N) is 2. The van der Waals surface area contributed by atoms with Crippen molar-refractivity contribution < 1.29 is 0 Å². The van der Waals surface area contributed by atoms with E-state index >= 15 is 0 Å². The van der Waals surface area contributed by atoms with Gasteiger partial charge in [0, 0.05) is 17.7 Å². The number of fused-ring (bicyclic) bond motifs is 2. The SMILES string of the molecule is C=CCNC(=S)N/N=C1\C[C@H]2CC[C@]1(C)C2(C)C. The zero-order valence-corrected chi connectivity index (χ0v) is 12.4. The second-order valence-corrected chi connectivity index (χ2v) is 6.57. The lowest BCUT2D eigenvalue weighted by atomic mass is 9.70. The molecule has 0 aliphatic heterocycles. The van der Waals surface area contributed by atoms with Gasteiger partial charge in [-0.1, -0.05) is 26.8 Å². The smallest absolute Gasteiger partial charge is 0.187 e. The number of hydrogen-bond acceptors (Lipinski definition) is 2. The largest absolute Gasteiger partial charge is 0.358 e. The van der Waals surface area contributed by atoms with Gasteiger partial charge in [-0.2, -0.15) is 5.10 Å². The first-order valence-corrected chi connectivity index (χ1v) is 7.04. The van der Waals surface area contributed by atoms with Crippen molar-refractivity contribution in [1.29, 1.82) is 0 Å². The highest BCUT2D eigenvalue weighted by Gasteiger charge is 2.59. The summed E-state index contributed by atoms with van der Waals surface area (Å²) in [6.07, 6.45) is 5.48. The first-order chi connectivity index (χ1) is 8.41. The normalized spacial score (nSPS) is 34.6. The molecule has 0 unspecified atom stereocenters. The molecule has 18 heavy (non-hydrogen) atoms. The van der Waals surface area contributed by atoms with Crippen LogP contribution >= 0.6 is 12.2 Å². The van der Waals surface area contributed by atoms with E-state index in [1.54, 1.807) is 6.08 Å². The fraction of sp³-hybridized carbons (Fsp3) is 0.714. The molecule has 0 aromatic carbocycles. The predicted molar refractivity (Wildman–Crippen MR) is 80.6 cm³/mol. The number of hydrazone groups is 1. The molecule has 100 valence electrons. The lowest BCUT2D eigenvalue weighted by molar-refractivity contribution is 0.193. The third-order valence-electron chi connectivity index (χ3n) is 5.21. The Kier molecular flexibility index (Phi) is 3.49. The molecule has 2 aliphatic rings. The van der Waals surface area contributed by atoms with Gasteiger partial charge in [-0.25, -0.2) is 0 Å². The molecule has 3 nitrogen and oxygen atoms in total. The molecule has 0 radical (unpaired) electrons. The van der Waals surface area contributed by atoms with Crippen molar-refractivity contribution in [1.82, 2.24) is 10.7 Å². The Labute approximate surface area is 115 Å². The summed E-state index contributed by atoms with van der Waals surface area (Å²) >= 11 is 5.16. The van der Waals surface area contributed by atoms with Gasteiger partial charge >= 0.3 is 0 Å². The minimum absolute atomic E-state index is 0.235. The standard InChI is InChI=1S/C14H23N3S/c1-5-8-15-12(18)17-16-11-9-10-6-7-14(11,4)13(10,2)3/h5,10H,1,6-9H2,2-4H3,(H2,15,17,18)/b16-11+/t10-,14+/m1/s1. The molecule has 2 fully saturated rings. The highest BCUT2D eigenvalue weighted by molar-refractivity contribution is 7.80. The van der Waals surface area contributed by atoms with E-state index in [4.69, 9.17) is 12.2 Å². The molecule has 0 saturated heterocycles. The maximum absolute atomic E-state index is 5.16. The molecule has 2 atom stereocenters. The van der Waals surface area contributed by atoms with Crippen molar-refractivity contribution in [3.63, 3.8) is 0 Å². The fourth-order valence-electron chi connectivity index (χ4n) is 3.42. The monoisotopic (exact) mass is 265 g/mol. The lowest BCUT2D eigenvalue weighted by Crippen LogP contribution is -2.36. The van der Waals surface area contributed by atoms with Gasteiger partial charge < -0.3 is 5.32 Å². The molecule has 2 aliphatic carbocycles. The molecule has 2 saturated carbocycles. The summed E-state index contributed by atoms with van der Waals surface area (Å²) in [5.74, 6) is 0.776. The van der Waals surface area contributed by atoms with Gasteiger partial charge in [0.1, 0.15) is 0 Å². The molecule has 0 aromatic heterocycles. The van der Waals surface area contributed by atoms with Crippen LogP contribution in [0.2, 0.25) is 0 Å². The van der Waals surface area contributed by atoms with Crippen LogP contribution in [0.15, 0.2) is 17.8 Å². The van der Waals surface area contributed by atoms with Crippen LogP contribution < -0.4 is 10.7 Å². The minimum Gasteiger partial charge on any atom is -0.358 e. The lowest BCUT2D eigenvalue weighted by Gasteiger charge is -2.34. The summed E-state index contributed by atoms with van der Waals surface area (Å²) in [5.41, 5.74) is 4.85. The van der Waals surface area contributed by atoms with Gasteiger partial charge in [-0.3, -0.25) is 5.43 Å². The van der Waals surface area contributed by atoms with Gasteiger partial charge in [0.2, 0.25) is 0 Å². The van der Waals surface area contributed by atoms with Crippen LogP contribution in [-0.2, 0) is 0 Å². The molecule has 0 amide bonds. The van der Waals surface area contributed by atoms with Gasteiger partial charge in [0.05, 0.1) is 0 Å². The molecule has 0 heterocycles. The van der Waals surface area contributed by atoms with Crippen molar-refractivity contribution in [2.24, 2.45) is 21.8 Å². The summed E-state index contributed by atoms with van der Waals surface area (Å²) in [5, 5.41) is 8.16. The molecule has 2 bridgehead atoms. The summed E-state index contributed by atoms with van der Waals surface area (Å²) < 4.78 is 0. The van der Waals surface area contributed by atoms with E-state index < -0.39 is 0 Å².